The predicted molar refractivity (Wildman–Crippen MR) is 44.1 cm³/mol. The van der Waals surface area contributed by atoms with E-state index in [0.717, 1.165) is 12.8 Å². The first-order valence-electron chi connectivity index (χ1n) is 3.41. The molecule has 1 radical (unpaired) electrons. The number of unbranched alkanes of at least 4 members (excludes halogenated alkanes) is 2. The van der Waals surface area contributed by atoms with Gasteiger partial charge in [0, 0.05) is 0 Å². The van der Waals surface area contributed by atoms with Gasteiger partial charge in [-0.2, -0.15) is 12.8 Å². The van der Waals surface area contributed by atoms with Gasteiger partial charge in [0.15, 0.2) is 0 Å². The van der Waals surface area contributed by atoms with E-state index < -0.39 is 0 Å². The SMILES string of the molecule is O.[CH2-]CCC.[CH2-]CCC.[Co+2]. The second kappa shape index (κ2) is 34.0. The van der Waals surface area contributed by atoms with Crippen LogP contribution in [0.15, 0.2) is 0 Å². The molecule has 10 heavy (non-hydrogen) atoms. The third kappa shape index (κ3) is 77.6. The Morgan fingerprint density at radius 2 is 1.00 bits per heavy atom. The van der Waals surface area contributed by atoms with Crippen LogP contribution in [0.2, 0.25) is 0 Å². The third-order valence-electron chi connectivity index (χ3n) is 0.707. The van der Waals surface area contributed by atoms with Crippen LogP contribution in [0.25, 0.3) is 0 Å². The molecule has 2 N–H and O–H groups in total. The summed E-state index contributed by atoms with van der Waals surface area (Å²) in [5.74, 6) is 0. The first-order chi connectivity index (χ1) is 3.83. The molecule has 0 saturated heterocycles. The summed E-state index contributed by atoms with van der Waals surface area (Å²) in [5.41, 5.74) is 0. The topological polar surface area (TPSA) is 31.5 Å². The quantitative estimate of drug-likeness (QED) is 0.600. The Labute approximate surface area is 76.1 Å². The molecule has 2 heteroatoms. The molecule has 0 saturated carbocycles. The Morgan fingerprint density at radius 3 is 1.00 bits per heavy atom. The van der Waals surface area contributed by atoms with Crippen LogP contribution in [-0.2, 0) is 16.8 Å². The van der Waals surface area contributed by atoms with Gasteiger partial charge in [0.05, 0.1) is 0 Å². The minimum absolute atomic E-state index is 0. The number of hydrogen-bond donors (Lipinski definition) is 0. The molecule has 0 spiro atoms. The molecule has 0 aromatic rings. The van der Waals surface area contributed by atoms with E-state index in [1.165, 1.54) is 12.8 Å². The first-order valence-corrected chi connectivity index (χ1v) is 3.41. The van der Waals surface area contributed by atoms with Crippen molar-refractivity contribution in [2.75, 3.05) is 0 Å². The van der Waals surface area contributed by atoms with E-state index in [4.69, 9.17) is 0 Å². The van der Waals surface area contributed by atoms with Gasteiger partial charge in [-0.25, -0.2) is 0 Å². The largest absolute Gasteiger partial charge is 2.00 e. The second-order valence-corrected chi connectivity index (χ2v) is 1.71. The van der Waals surface area contributed by atoms with Crippen molar-refractivity contribution < 1.29 is 22.3 Å². The second-order valence-electron chi connectivity index (χ2n) is 1.71. The molecule has 0 aliphatic rings. The van der Waals surface area contributed by atoms with Crippen molar-refractivity contribution in [3.8, 4) is 0 Å². The third-order valence-corrected chi connectivity index (χ3v) is 0.707. The first kappa shape index (κ1) is 22.4. The molecular formula is C8H20CoO. The molecule has 0 aliphatic carbocycles. The summed E-state index contributed by atoms with van der Waals surface area (Å²) in [5, 5.41) is 0. The Kier molecular flexibility index (Phi) is 76.3. The molecule has 0 aliphatic heterocycles. The van der Waals surface area contributed by atoms with Gasteiger partial charge >= 0.3 is 16.8 Å². The molecule has 0 bridgehead atoms. The summed E-state index contributed by atoms with van der Waals surface area (Å²) >= 11 is 0. The van der Waals surface area contributed by atoms with E-state index >= 15 is 0 Å². The van der Waals surface area contributed by atoms with Gasteiger partial charge in [-0.05, 0) is 0 Å². The maximum Gasteiger partial charge on any atom is 2.00 e. The summed E-state index contributed by atoms with van der Waals surface area (Å²) < 4.78 is 0. The van der Waals surface area contributed by atoms with E-state index in [1.807, 2.05) is 0 Å². The van der Waals surface area contributed by atoms with Gasteiger partial charge in [0.25, 0.3) is 0 Å². The summed E-state index contributed by atoms with van der Waals surface area (Å²) in [4.78, 5) is 0. The van der Waals surface area contributed by atoms with Crippen LogP contribution >= 0.6 is 0 Å². The van der Waals surface area contributed by atoms with E-state index in [-0.39, 0.29) is 22.3 Å². The molecular weight excluding hydrogens is 171 g/mol. The minimum atomic E-state index is 0. The molecule has 67 valence electrons. The number of hydrogen-bond acceptors (Lipinski definition) is 0. The van der Waals surface area contributed by atoms with Crippen molar-refractivity contribution in [1.82, 2.24) is 0 Å². The normalized spacial score (nSPS) is 6.00. The maximum atomic E-state index is 3.60. The van der Waals surface area contributed by atoms with E-state index in [0.29, 0.717) is 0 Å². The van der Waals surface area contributed by atoms with Crippen LogP contribution in [0.4, 0.5) is 0 Å². The molecule has 0 aromatic heterocycles. The Bertz CT molecular complexity index is 17.2. The Balaban J connectivity index is -0.0000000300. The van der Waals surface area contributed by atoms with Gasteiger partial charge in [0.1, 0.15) is 0 Å². The van der Waals surface area contributed by atoms with Gasteiger partial charge < -0.3 is 19.3 Å². The van der Waals surface area contributed by atoms with Gasteiger partial charge in [-0.15, -0.1) is 0 Å². The predicted octanol–water partition coefficient (Wildman–Crippen LogP) is 2.41. The Hall–Kier alpha value is 0.466. The van der Waals surface area contributed by atoms with Crippen LogP contribution in [0.5, 0.6) is 0 Å². The maximum absolute atomic E-state index is 3.60. The van der Waals surface area contributed by atoms with Gasteiger partial charge in [-0.1, -0.05) is 26.7 Å². The zero-order chi connectivity index (χ0) is 6.83. The summed E-state index contributed by atoms with van der Waals surface area (Å²) in [7, 11) is 0. The minimum Gasteiger partial charge on any atom is -0.412 e. The Morgan fingerprint density at radius 1 is 0.900 bits per heavy atom. The fraction of sp³-hybridized carbons (Fsp3) is 0.750. The van der Waals surface area contributed by atoms with Crippen molar-refractivity contribution in [3.05, 3.63) is 13.8 Å². The zero-order valence-electron chi connectivity index (χ0n) is 7.08. The summed E-state index contributed by atoms with van der Waals surface area (Å²) in [6, 6.07) is 0. The van der Waals surface area contributed by atoms with Crippen molar-refractivity contribution in [2.24, 2.45) is 0 Å². The molecule has 0 unspecified atom stereocenters. The van der Waals surface area contributed by atoms with Crippen molar-refractivity contribution >= 4 is 0 Å². The van der Waals surface area contributed by atoms with E-state index in [1.54, 1.807) is 0 Å². The summed E-state index contributed by atoms with van der Waals surface area (Å²) in [6.45, 7) is 11.4. The van der Waals surface area contributed by atoms with E-state index in [9.17, 15) is 0 Å². The average molecular weight is 191 g/mol. The van der Waals surface area contributed by atoms with Crippen LogP contribution in [-0.4, -0.2) is 5.48 Å². The molecule has 0 aromatic carbocycles. The van der Waals surface area contributed by atoms with Crippen LogP contribution < -0.4 is 0 Å². The zero-order valence-corrected chi connectivity index (χ0v) is 8.12. The molecule has 0 heterocycles. The van der Waals surface area contributed by atoms with Crippen LogP contribution in [0.3, 0.4) is 0 Å². The standard InChI is InChI=1S/2C4H9.Co.H2O/c2*1-3-4-2;;/h2*1,3-4H2,2H3;;1H2/q2*-1;+2;. The van der Waals surface area contributed by atoms with Gasteiger partial charge in [0.2, 0.25) is 0 Å². The van der Waals surface area contributed by atoms with Crippen LogP contribution in [0.1, 0.15) is 39.5 Å². The molecule has 0 fully saturated rings. The van der Waals surface area contributed by atoms with Crippen molar-refractivity contribution in [2.45, 2.75) is 39.5 Å². The smallest absolute Gasteiger partial charge is 0.412 e. The van der Waals surface area contributed by atoms with E-state index in [2.05, 4.69) is 27.7 Å². The number of rotatable bonds is 2. The molecule has 0 atom stereocenters. The average Bonchev–Trinajstić information content (AvgIpc) is 1.88. The molecule has 0 amide bonds. The van der Waals surface area contributed by atoms with Gasteiger partial charge in [-0.3, -0.25) is 0 Å². The molecule has 0 rings (SSSR count). The fourth-order valence-electron chi connectivity index (χ4n) is 0. The van der Waals surface area contributed by atoms with Crippen molar-refractivity contribution in [1.29, 1.82) is 0 Å². The molecule has 1 nitrogen and oxygen atoms in total. The van der Waals surface area contributed by atoms with Crippen molar-refractivity contribution in [3.63, 3.8) is 0 Å². The van der Waals surface area contributed by atoms with Crippen LogP contribution in [0, 0.1) is 13.8 Å². The fourth-order valence-corrected chi connectivity index (χ4v) is 0. The monoisotopic (exact) mass is 191 g/mol. The summed E-state index contributed by atoms with van der Waals surface area (Å²) in [6.07, 6.45) is 4.56.